The second-order valence-electron chi connectivity index (χ2n) is 4.94. The lowest BCUT2D eigenvalue weighted by Crippen LogP contribution is -2.38. The van der Waals surface area contributed by atoms with Crippen molar-refractivity contribution in [2.75, 3.05) is 6.54 Å². The molecule has 8 heteroatoms. The van der Waals surface area contributed by atoms with Gasteiger partial charge in [0, 0.05) is 12.5 Å². The molecule has 1 fully saturated rings. The van der Waals surface area contributed by atoms with E-state index in [0.717, 1.165) is 0 Å². The molecular formula is C14H15NO7. The van der Waals surface area contributed by atoms with Gasteiger partial charge in [0.2, 0.25) is 0 Å². The average Bonchev–Trinajstić information content (AvgIpc) is 2.81. The van der Waals surface area contributed by atoms with E-state index in [-0.39, 0.29) is 24.3 Å². The molecule has 1 aromatic carbocycles. The fourth-order valence-corrected chi connectivity index (χ4v) is 2.52. The van der Waals surface area contributed by atoms with Crippen LogP contribution in [0.4, 0.5) is 0 Å². The third kappa shape index (κ3) is 3.34. The Labute approximate surface area is 125 Å². The maximum absolute atomic E-state index is 11.2. The van der Waals surface area contributed by atoms with E-state index in [1.54, 1.807) is 6.07 Å². The smallest absolute Gasteiger partial charge is 0.339 e. The first-order valence-electron chi connectivity index (χ1n) is 6.57. The summed E-state index contributed by atoms with van der Waals surface area (Å²) in [5.74, 6) is -4.19. The number of aliphatic carboxylic acids is 2. The van der Waals surface area contributed by atoms with Crippen molar-refractivity contribution < 1.29 is 34.4 Å². The number of hydrogen-bond donors (Lipinski definition) is 4. The number of hydrogen-bond acceptors (Lipinski definition) is 5. The van der Waals surface area contributed by atoms with Gasteiger partial charge in [0.25, 0.3) is 0 Å². The van der Waals surface area contributed by atoms with Crippen LogP contribution in [0.5, 0.6) is 5.75 Å². The Morgan fingerprint density at radius 3 is 2.45 bits per heavy atom. The molecular weight excluding hydrogens is 294 g/mol. The van der Waals surface area contributed by atoms with Crippen molar-refractivity contribution in [1.82, 2.24) is 5.32 Å². The maximum atomic E-state index is 11.2. The molecule has 118 valence electrons. The summed E-state index contributed by atoms with van der Waals surface area (Å²) in [5.41, 5.74) is -0.0599. The summed E-state index contributed by atoms with van der Waals surface area (Å²) >= 11 is 0. The van der Waals surface area contributed by atoms with Gasteiger partial charge in [-0.05, 0) is 12.1 Å². The van der Waals surface area contributed by atoms with E-state index in [1.807, 2.05) is 0 Å². The Morgan fingerprint density at radius 2 is 1.86 bits per heavy atom. The van der Waals surface area contributed by atoms with Crippen LogP contribution in [-0.2, 0) is 9.59 Å². The van der Waals surface area contributed by atoms with E-state index in [2.05, 4.69) is 5.32 Å². The van der Waals surface area contributed by atoms with Gasteiger partial charge in [-0.3, -0.25) is 9.59 Å². The van der Waals surface area contributed by atoms with Gasteiger partial charge < -0.3 is 25.4 Å². The van der Waals surface area contributed by atoms with Gasteiger partial charge in [0.15, 0.2) is 0 Å². The van der Waals surface area contributed by atoms with Gasteiger partial charge >= 0.3 is 17.9 Å². The molecule has 0 bridgehead atoms. The molecule has 0 amide bonds. The van der Waals surface area contributed by atoms with Crippen LogP contribution in [0.3, 0.4) is 0 Å². The van der Waals surface area contributed by atoms with Crippen LogP contribution < -0.4 is 10.1 Å². The summed E-state index contributed by atoms with van der Waals surface area (Å²) in [4.78, 5) is 33.2. The van der Waals surface area contributed by atoms with Crippen LogP contribution in [0.2, 0.25) is 0 Å². The number of para-hydroxylation sites is 1. The van der Waals surface area contributed by atoms with Crippen molar-refractivity contribution in [1.29, 1.82) is 0 Å². The molecule has 1 aromatic rings. The number of aromatic carboxylic acids is 1. The lowest BCUT2D eigenvalue weighted by atomic mass is 9.94. The lowest BCUT2D eigenvalue weighted by molar-refractivity contribution is -0.142. The van der Waals surface area contributed by atoms with Crippen LogP contribution in [-0.4, -0.2) is 51.9 Å². The zero-order valence-corrected chi connectivity index (χ0v) is 11.4. The van der Waals surface area contributed by atoms with Gasteiger partial charge in [-0.1, -0.05) is 12.1 Å². The van der Waals surface area contributed by atoms with Crippen molar-refractivity contribution >= 4 is 17.9 Å². The summed E-state index contributed by atoms with van der Waals surface area (Å²) in [6.45, 7) is 0.128. The highest BCUT2D eigenvalue weighted by molar-refractivity contribution is 5.90. The van der Waals surface area contributed by atoms with Crippen LogP contribution in [0.1, 0.15) is 16.8 Å². The fourth-order valence-electron chi connectivity index (χ4n) is 2.52. The number of rotatable bonds is 6. The summed E-state index contributed by atoms with van der Waals surface area (Å²) in [5, 5.41) is 29.9. The number of carboxylic acids is 3. The monoisotopic (exact) mass is 309 g/mol. The molecule has 1 heterocycles. The summed E-state index contributed by atoms with van der Waals surface area (Å²) < 4.78 is 5.59. The summed E-state index contributed by atoms with van der Waals surface area (Å²) in [7, 11) is 0. The highest BCUT2D eigenvalue weighted by Gasteiger charge is 2.43. The first-order chi connectivity index (χ1) is 10.4. The summed E-state index contributed by atoms with van der Waals surface area (Å²) in [6, 6.07) is 4.90. The largest absolute Gasteiger partial charge is 0.488 e. The maximum Gasteiger partial charge on any atom is 0.339 e. The fraction of sp³-hybridized carbons (Fsp3) is 0.357. The van der Waals surface area contributed by atoms with Gasteiger partial charge in [0.05, 0.1) is 6.42 Å². The van der Waals surface area contributed by atoms with Crippen LogP contribution >= 0.6 is 0 Å². The Kier molecular flexibility index (Phi) is 4.62. The van der Waals surface area contributed by atoms with E-state index >= 15 is 0 Å². The molecule has 8 nitrogen and oxygen atoms in total. The first-order valence-corrected chi connectivity index (χ1v) is 6.57. The third-order valence-corrected chi connectivity index (χ3v) is 3.52. The summed E-state index contributed by atoms with van der Waals surface area (Å²) in [6.07, 6.45) is -1.12. The van der Waals surface area contributed by atoms with Gasteiger partial charge in [-0.2, -0.15) is 0 Å². The van der Waals surface area contributed by atoms with Crippen LogP contribution in [0.25, 0.3) is 0 Å². The molecule has 0 spiro atoms. The molecule has 1 saturated heterocycles. The Morgan fingerprint density at radius 1 is 1.18 bits per heavy atom. The van der Waals surface area contributed by atoms with Crippen LogP contribution in [0.15, 0.2) is 24.3 Å². The minimum Gasteiger partial charge on any atom is -0.488 e. The highest BCUT2D eigenvalue weighted by atomic mass is 16.5. The third-order valence-electron chi connectivity index (χ3n) is 3.52. The van der Waals surface area contributed by atoms with Crippen molar-refractivity contribution in [3.8, 4) is 5.75 Å². The number of carbonyl (C=O) groups is 3. The number of ether oxygens (including phenoxy) is 1. The molecule has 0 aromatic heterocycles. The molecule has 1 unspecified atom stereocenters. The Bertz CT molecular complexity index is 601. The predicted octanol–water partition coefficient (Wildman–Crippen LogP) is 0.280. The van der Waals surface area contributed by atoms with E-state index < -0.39 is 36.0 Å². The van der Waals surface area contributed by atoms with Gasteiger partial charge in [-0.25, -0.2) is 4.79 Å². The number of benzene rings is 1. The Hall–Kier alpha value is -2.61. The quantitative estimate of drug-likeness (QED) is 0.589. The SMILES string of the molecule is O=C(O)C[C@H]1C(Oc2ccccc2C(=O)O)CN[C@@H]1C(=O)O. The van der Waals surface area contributed by atoms with Gasteiger partial charge in [0.1, 0.15) is 23.5 Å². The average molecular weight is 309 g/mol. The minimum absolute atomic E-state index is 0.0599. The van der Waals surface area contributed by atoms with Crippen molar-refractivity contribution in [2.24, 2.45) is 5.92 Å². The molecule has 2 rings (SSSR count). The standard InChI is InChI=1S/C14H15NO7/c16-11(17)5-8-10(6-15-12(8)14(20)21)22-9-4-2-1-3-7(9)13(18)19/h1-4,8,10,12,15H,5-6H2,(H,16,17)(H,18,19)(H,20,21)/t8-,10?,12-/m0/s1. The predicted molar refractivity (Wildman–Crippen MR) is 73.0 cm³/mol. The van der Waals surface area contributed by atoms with Crippen molar-refractivity contribution in [2.45, 2.75) is 18.6 Å². The normalized spacial score (nSPS) is 23.9. The number of carboxylic acid groups (broad SMARTS) is 3. The van der Waals surface area contributed by atoms with Crippen molar-refractivity contribution in [3.05, 3.63) is 29.8 Å². The second-order valence-corrected chi connectivity index (χ2v) is 4.94. The highest BCUT2D eigenvalue weighted by Crippen LogP contribution is 2.27. The molecule has 0 saturated carbocycles. The molecule has 1 aliphatic rings. The lowest BCUT2D eigenvalue weighted by Gasteiger charge is -2.22. The molecule has 3 atom stereocenters. The van der Waals surface area contributed by atoms with Gasteiger partial charge in [-0.15, -0.1) is 0 Å². The minimum atomic E-state index is -1.17. The molecule has 1 aliphatic heterocycles. The first kappa shape index (κ1) is 15.8. The zero-order valence-electron chi connectivity index (χ0n) is 11.4. The Balaban J connectivity index is 2.22. The molecule has 0 radical (unpaired) electrons. The molecule has 4 N–H and O–H groups in total. The number of nitrogens with one attached hydrogen (secondary N) is 1. The van der Waals surface area contributed by atoms with Crippen molar-refractivity contribution in [3.63, 3.8) is 0 Å². The molecule has 22 heavy (non-hydrogen) atoms. The zero-order chi connectivity index (χ0) is 16.3. The topological polar surface area (TPSA) is 133 Å². The molecule has 0 aliphatic carbocycles. The van der Waals surface area contributed by atoms with E-state index in [1.165, 1.54) is 18.2 Å². The van der Waals surface area contributed by atoms with Crippen LogP contribution in [0, 0.1) is 5.92 Å². The second kappa shape index (κ2) is 6.44. The van der Waals surface area contributed by atoms with E-state index in [4.69, 9.17) is 20.1 Å². The van der Waals surface area contributed by atoms with E-state index in [9.17, 15) is 14.4 Å². The van der Waals surface area contributed by atoms with E-state index in [0.29, 0.717) is 0 Å².